The van der Waals surface area contributed by atoms with E-state index in [1.165, 1.54) is 44.1 Å². The van der Waals surface area contributed by atoms with Gasteiger partial charge in [-0.2, -0.15) is 0 Å². The van der Waals surface area contributed by atoms with E-state index in [0.717, 1.165) is 70.9 Å². The Kier molecular flexibility index (Phi) is 9.66. The zero-order valence-electron chi connectivity index (χ0n) is 20.9. The standard InChI is InChI=1S/C28H44N4O2/c33-27(22-25-13-18-32(19-14-25)28(34)30-26-9-5-2-6-10-26)29-15-20-31-16-11-24(12-17-31)21-23-7-3-1-4-8-23/h1,3-4,7-8,24-26H,2,5-6,9-22H2,(H,29,33)(H,30,34). The SMILES string of the molecule is O=C(CC1CCN(C(=O)NC2CCCCC2)CC1)NCCN1CCC(Cc2ccccc2)CC1. The maximum atomic E-state index is 12.5. The normalized spacial score (nSPS) is 21.4. The number of benzene rings is 1. The molecule has 0 spiro atoms. The lowest BCUT2D eigenvalue weighted by Crippen LogP contribution is -2.48. The van der Waals surface area contributed by atoms with Crippen molar-refractivity contribution >= 4 is 11.9 Å². The Morgan fingerprint density at radius 2 is 1.50 bits per heavy atom. The first-order chi connectivity index (χ1) is 16.7. The molecular formula is C28H44N4O2. The first-order valence-corrected chi connectivity index (χ1v) is 13.7. The minimum Gasteiger partial charge on any atom is -0.355 e. The zero-order chi connectivity index (χ0) is 23.6. The second-order valence-corrected chi connectivity index (χ2v) is 10.7. The van der Waals surface area contributed by atoms with Gasteiger partial charge < -0.3 is 20.4 Å². The molecule has 3 amide bonds. The fourth-order valence-corrected chi connectivity index (χ4v) is 5.90. The number of rotatable bonds is 8. The summed E-state index contributed by atoms with van der Waals surface area (Å²) in [5, 5.41) is 6.36. The fourth-order valence-electron chi connectivity index (χ4n) is 5.90. The summed E-state index contributed by atoms with van der Waals surface area (Å²) in [5.74, 6) is 1.35. The molecule has 6 nitrogen and oxygen atoms in total. The maximum absolute atomic E-state index is 12.5. The van der Waals surface area contributed by atoms with Crippen LogP contribution in [-0.4, -0.2) is 67.0 Å². The predicted octanol–water partition coefficient (Wildman–Crippen LogP) is 4.20. The molecule has 0 aromatic heterocycles. The van der Waals surface area contributed by atoms with Crippen LogP contribution in [0.3, 0.4) is 0 Å². The van der Waals surface area contributed by atoms with Gasteiger partial charge in [-0.1, -0.05) is 49.6 Å². The molecule has 0 atom stereocenters. The molecule has 2 heterocycles. The Labute approximate surface area is 205 Å². The minimum atomic E-state index is 0.0994. The molecule has 3 fully saturated rings. The van der Waals surface area contributed by atoms with Crippen LogP contribution in [0.2, 0.25) is 0 Å². The summed E-state index contributed by atoms with van der Waals surface area (Å²) in [6, 6.07) is 11.3. The van der Waals surface area contributed by atoms with Crippen molar-refractivity contribution in [1.29, 1.82) is 0 Å². The van der Waals surface area contributed by atoms with E-state index in [2.05, 4.69) is 45.9 Å². The summed E-state index contributed by atoms with van der Waals surface area (Å²) in [6.07, 6.45) is 12.1. The topological polar surface area (TPSA) is 64.7 Å². The highest BCUT2D eigenvalue weighted by atomic mass is 16.2. The lowest BCUT2D eigenvalue weighted by atomic mass is 9.90. The molecule has 34 heavy (non-hydrogen) atoms. The molecule has 1 aliphatic carbocycles. The molecule has 0 bridgehead atoms. The first kappa shape index (κ1) is 25.0. The van der Waals surface area contributed by atoms with Gasteiger partial charge in [0.1, 0.15) is 0 Å². The monoisotopic (exact) mass is 468 g/mol. The molecular weight excluding hydrogens is 424 g/mol. The third-order valence-electron chi connectivity index (χ3n) is 8.13. The number of carbonyl (C=O) groups excluding carboxylic acids is 2. The summed E-state index contributed by atoms with van der Waals surface area (Å²) in [5.41, 5.74) is 1.45. The third-order valence-corrected chi connectivity index (χ3v) is 8.13. The van der Waals surface area contributed by atoms with Gasteiger partial charge in [0.25, 0.3) is 0 Å². The molecule has 6 heteroatoms. The molecule has 2 saturated heterocycles. The molecule has 188 valence electrons. The van der Waals surface area contributed by atoms with Gasteiger partial charge in [-0.05, 0) is 75.4 Å². The number of urea groups is 1. The lowest BCUT2D eigenvalue weighted by Gasteiger charge is -2.34. The highest BCUT2D eigenvalue weighted by molar-refractivity contribution is 5.76. The van der Waals surface area contributed by atoms with E-state index in [0.29, 0.717) is 18.4 Å². The van der Waals surface area contributed by atoms with Crippen molar-refractivity contribution in [2.75, 3.05) is 39.3 Å². The first-order valence-electron chi connectivity index (χ1n) is 13.7. The molecule has 2 N–H and O–H groups in total. The largest absolute Gasteiger partial charge is 0.355 e. The van der Waals surface area contributed by atoms with Gasteiger partial charge in [0, 0.05) is 38.6 Å². The van der Waals surface area contributed by atoms with Crippen molar-refractivity contribution in [2.45, 2.75) is 76.7 Å². The lowest BCUT2D eigenvalue weighted by molar-refractivity contribution is -0.122. The molecule has 1 saturated carbocycles. The maximum Gasteiger partial charge on any atom is 0.317 e. The molecule has 1 aromatic rings. The van der Waals surface area contributed by atoms with Gasteiger partial charge in [-0.15, -0.1) is 0 Å². The Morgan fingerprint density at radius 1 is 0.824 bits per heavy atom. The number of nitrogens with zero attached hydrogens (tertiary/aromatic N) is 2. The van der Waals surface area contributed by atoms with Crippen molar-refractivity contribution < 1.29 is 9.59 Å². The van der Waals surface area contributed by atoms with E-state index in [-0.39, 0.29) is 11.9 Å². The fraction of sp³-hybridized carbons (Fsp3) is 0.714. The van der Waals surface area contributed by atoms with Crippen LogP contribution in [0.15, 0.2) is 30.3 Å². The molecule has 3 aliphatic rings. The Hall–Kier alpha value is -2.08. The van der Waals surface area contributed by atoms with Crippen LogP contribution in [0.25, 0.3) is 0 Å². The number of carbonyl (C=O) groups is 2. The van der Waals surface area contributed by atoms with Crippen LogP contribution in [-0.2, 0) is 11.2 Å². The average molecular weight is 469 g/mol. The van der Waals surface area contributed by atoms with E-state index in [1.54, 1.807) is 0 Å². The average Bonchev–Trinajstić information content (AvgIpc) is 2.87. The van der Waals surface area contributed by atoms with Gasteiger partial charge in [0.05, 0.1) is 0 Å². The highest BCUT2D eigenvalue weighted by Gasteiger charge is 2.26. The van der Waals surface area contributed by atoms with E-state index in [9.17, 15) is 9.59 Å². The summed E-state index contributed by atoms with van der Waals surface area (Å²) >= 11 is 0. The van der Waals surface area contributed by atoms with Crippen LogP contribution in [0, 0.1) is 11.8 Å². The second kappa shape index (κ2) is 13.1. The Bertz CT molecular complexity index is 749. The molecule has 4 rings (SSSR count). The van der Waals surface area contributed by atoms with Crippen LogP contribution in [0.4, 0.5) is 4.79 Å². The smallest absolute Gasteiger partial charge is 0.317 e. The van der Waals surface area contributed by atoms with E-state index in [4.69, 9.17) is 0 Å². The highest BCUT2D eigenvalue weighted by Crippen LogP contribution is 2.23. The third kappa shape index (κ3) is 8.00. The minimum absolute atomic E-state index is 0.0994. The Balaban J connectivity index is 1.04. The zero-order valence-corrected chi connectivity index (χ0v) is 20.9. The van der Waals surface area contributed by atoms with Crippen LogP contribution in [0.5, 0.6) is 0 Å². The van der Waals surface area contributed by atoms with Crippen molar-refractivity contribution in [3.63, 3.8) is 0 Å². The van der Waals surface area contributed by atoms with Gasteiger partial charge in [-0.25, -0.2) is 4.79 Å². The van der Waals surface area contributed by atoms with Gasteiger partial charge in [0.2, 0.25) is 5.91 Å². The van der Waals surface area contributed by atoms with Crippen LogP contribution < -0.4 is 10.6 Å². The number of amides is 3. The van der Waals surface area contributed by atoms with E-state index >= 15 is 0 Å². The van der Waals surface area contributed by atoms with Crippen molar-refractivity contribution in [2.24, 2.45) is 11.8 Å². The van der Waals surface area contributed by atoms with Crippen LogP contribution in [0.1, 0.15) is 69.8 Å². The Morgan fingerprint density at radius 3 is 2.21 bits per heavy atom. The van der Waals surface area contributed by atoms with Crippen molar-refractivity contribution in [3.8, 4) is 0 Å². The predicted molar refractivity (Wildman–Crippen MR) is 137 cm³/mol. The van der Waals surface area contributed by atoms with E-state index < -0.39 is 0 Å². The van der Waals surface area contributed by atoms with Crippen LogP contribution >= 0.6 is 0 Å². The number of likely N-dealkylation sites (tertiary alicyclic amines) is 2. The molecule has 0 unspecified atom stereocenters. The number of hydrogen-bond acceptors (Lipinski definition) is 3. The molecule has 0 radical (unpaired) electrons. The van der Waals surface area contributed by atoms with Gasteiger partial charge >= 0.3 is 6.03 Å². The number of nitrogens with one attached hydrogen (secondary N) is 2. The van der Waals surface area contributed by atoms with Gasteiger partial charge in [0.15, 0.2) is 0 Å². The van der Waals surface area contributed by atoms with Crippen molar-refractivity contribution in [3.05, 3.63) is 35.9 Å². The summed E-state index contributed by atoms with van der Waals surface area (Å²) in [7, 11) is 0. The second-order valence-electron chi connectivity index (χ2n) is 10.7. The molecule has 1 aromatic carbocycles. The summed E-state index contributed by atoms with van der Waals surface area (Å²) in [4.78, 5) is 29.4. The van der Waals surface area contributed by atoms with E-state index in [1.807, 2.05) is 4.90 Å². The summed E-state index contributed by atoms with van der Waals surface area (Å²) in [6.45, 7) is 5.50. The number of piperidine rings is 2. The quantitative estimate of drug-likeness (QED) is 0.601. The van der Waals surface area contributed by atoms with Crippen molar-refractivity contribution in [1.82, 2.24) is 20.4 Å². The summed E-state index contributed by atoms with van der Waals surface area (Å²) < 4.78 is 0. The number of hydrogen-bond donors (Lipinski definition) is 2. The molecule has 2 aliphatic heterocycles. The van der Waals surface area contributed by atoms with Gasteiger partial charge in [-0.3, -0.25) is 4.79 Å².